The molecule has 0 rings (SSSR count). The van der Waals surface area contributed by atoms with E-state index in [0.717, 1.165) is 0 Å². The topological polar surface area (TPSA) is 60.2 Å². The number of rotatable bonds is 3. The highest BCUT2D eigenvalue weighted by Gasteiger charge is 2.03. The van der Waals surface area contributed by atoms with Gasteiger partial charge in [-0.25, -0.2) is 0 Å². The number of Topliss-reactive ketones (excluding diaryl/α,β-unsaturated/α-hetero) is 1. The molecule has 0 spiro atoms. The molecule has 0 aromatic heterocycles. The Balaban J connectivity index is 3.65. The fourth-order valence-corrected chi connectivity index (χ4v) is 0.232. The van der Waals surface area contributed by atoms with Gasteiger partial charge in [0.05, 0.1) is 0 Å². The van der Waals surface area contributed by atoms with Crippen LogP contribution in [0.1, 0.15) is 6.42 Å². The molecule has 3 nitrogen and oxygen atoms in total. The Morgan fingerprint density at radius 2 is 2.12 bits per heavy atom. The summed E-state index contributed by atoms with van der Waals surface area (Å²) >= 11 is 0. The molecule has 8 heavy (non-hydrogen) atoms. The lowest BCUT2D eigenvalue weighted by atomic mass is 10.3. The second-order valence-corrected chi connectivity index (χ2v) is 1.28. The van der Waals surface area contributed by atoms with Gasteiger partial charge < -0.3 is 5.73 Å². The van der Waals surface area contributed by atoms with E-state index in [4.69, 9.17) is 0 Å². The Kier molecular flexibility index (Phi) is 2.54. The van der Waals surface area contributed by atoms with Gasteiger partial charge in [-0.1, -0.05) is 6.08 Å². The Morgan fingerprint density at radius 1 is 1.62 bits per heavy atom. The van der Waals surface area contributed by atoms with E-state index in [1.807, 2.05) is 0 Å². The van der Waals surface area contributed by atoms with Crippen LogP contribution < -0.4 is 5.73 Å². The van der Waals surface area contributed by atoms with E-state index in [1.54, 1.807) is 0 Å². The smallest absolute Gasteiger partial charge is 0.285 e. The zero-order valence-corrected chi connectivity index (χ0v) is 4.39. The van der Waals surface area contributed by atoms with Crippen LogP contribution in [-0.4, -0.2) is 11.7 Å². The van der Waals surface area contributed by atoms with E-state index in [2.05, 4.69) is 12.3 Å². The highest BCUT2D eigenvalue weighted by molar-refractivity contribution is 6.35. The van der Waals surface area contributed by atoms with Crippen LogP contribution >= 0.6 is 0 Å². The Morgan fingerprint density at radius 3 is 2.25 bits per heavy atom. The second-order valence-electron chi connectivity index (χ2n) is 1.28. The number of carbonyl (C=O) groups is 2. The van der Waals surface area contributed by atoms with Gasteiger partial charge in [-0.3, -0.25) is 9.59 Å². The molecular weight excluding hydrogens is 106 g/mol. The van der Waals surface area contributed by atoms with E-state index in [0.29, 0.717) is 0 Å². The van der Waals surface area contributed by atoms with Crippen LogP contribution in [0.3, 0.4) is 0 Å². The van der Waals surface area contributed by atoms with E-state index in [9.17, 15) is 9.59 Å². The quantitative estimate of drug-likeness (QED) is 0.400. The minimum atomic E-state index is -0.898. The molecule has 2 N–H and O–H groups in total. The van der Waals surface area contributed by atoms with Gasteiger partial charge in [-0.2, -0.15) is 0 Å². The van der Waals surface area contributed by atoms with Crippen LogP contribution in [0.2, 0.25) is 0 Å². The monoisotopic (exact) mass is 113 g/mol. The molecule has 3 heteroatoms. The first-order chi connectivity index (χ1) is 3.68. The number of carbonyl (C=O) groups excluding carboxylic acids is 2. The summed E-state index contributed by atoms with van der Waals surface area (Å²) in [5.41, 5.74) is 4.59. The van der Waals surface area contributed by atoms with Crippen molar-refractivity contribution in [2.24, 2.45) is 5.73 Å². The molecule has 0 aliphatic heterocycles. The molecule has 0 radical (unpaired) electrons. The zero-order valence-electron chi connectivity index (χ0n) is 4.39. The first-order valence-corrected chi connectivity index (χ1v) is 2.12. The van der Waals surface area contributed by atoms with Crippen molar-refractivity contribution in [3.63, 3.8) is 0 Å². The van der Waals surface area contributed by atoms with Crippen LogP contribution in [0, 0.1) is 0 Å². The summed E-state index contributed by atoms with van der Waals surface area (Å²) in [6.45, 7) is 3.25. The van der Waals surface area contributed by atoms with Crippen molar-refractivity contribution >= 4 is 11.7 Å². The van der Waals surface area contributed by atoms with Crippen molar-refractivity contribution in [2.75, 3.05) is 0 Å². The molecule has 0 aliphatic carbocycles. The van der Waals surface area contributed by atoms with Crippen molar-refractivity contribution in [1.29, 1.82) is 0 Å². The Hall–Kier alpha value is -1.12. The summed E-state index contributed by atoms with van der Waals surface area (Å²) in [4.78, 5) is 20.1. The van der Waals surface area contributed by atoms with Crippen molar-refractivity contribution in [3.05, 3.63) is 12.7 Å². The molecule has 0 aliphatic rings. The summed E-state index contributed by atoms with van der Waals surface area (Å²) in [6.07, 6.45) is 1.38. The fourth-order valence-electron chi connectivity index (χ4n) is 0.232. The van der Waals surface area contributed by atoms with Crippen LogP contribution in [-0.2, 0) is 9.59 Å². The second kappa shape index (κ2) is 2.96. The van der Waals surface area contributed by atoms with Crippen LogP contribution in [0.4, 0.5) is 0 Å². The lowest BCUT2D eigenvalue weighted by Crippen LogP contribution is -2.21. The minimum Gasteiger partial charge on any atom is -0.363 e. The number of allylic oxidation sites excluding steroid dienone is 1. The number of hydrogen-bond donors (Lipinski definition) is 1. The van der Waals surface area contributed by atoms with Crippen molar-refractivity contribution < 1.29 is 9.59 Å². The molecular formula is C5H7NO2. The number of ketones is 1. The first-order valence-electron chi connectivity index (χ1n) is 2.12. The number of primary amides is 1. The maximum absolute atomic E-state index is 10.2. The van der Waals surface area contributed by atoms with Gasteiger partial charge in [-0.15, -0.1) is 6.58 Å². The van der Waals surface area contributed by atoms with Crippen LogP contribution in [0.5, 0.6) is 0 Å². The maximum atomic E-state index is 10.2. The molecule has 0 unspecified atom stereocenters. The lowest BCUT2D eigenvalue weighted by Gasteiger charge is -1.83. The Labute approximate surface area is 47.2 Å². The predicted octanol–water partition coefficient (Wildman–Crippen LogP) is -0.383. The third kappa shape index (κ3) is 2.12. The molecule has 0 bridgehead atoms. The number of amides is 1. The summed E-state index contributed by atoms with van der Waals surface area (Å²) in [5.74, 6) is -1.50. The standard InChI is InChI=1S/C5H7NO2/c1-2-3-4(7)5(6)8/h2H,1,3H2,(H2,6,8). The molecule has 0 saturated heterocycles. The van der Waals surface area contributed by atoms with Gasteiger partial charge in [0.15, 0.2) is 0 Å². The van der Waals surface area contributed by atoms with Gasteiger partial charge >= 0.3 is 0 Å². The van der Waals surface area contributed by atoms with E-state index in [-0.39, 0.29) is 6.42 Å². The third-order valence-electron chi connectivity index (χ3n) is 0.605. The molecule has 44 valence electrons. The fraction of sp³-hybridized carbons (Fsp3) is 0.200. The summed E-state index contributed by atoms with van der Waals surface area (Å²) < 4.78 is 0. The van der Waals surface area contributed by atoms with Gasteiger partial charge in [0.25, 0.3) is 5.91 Å². The van der Waals surface area contributed by atoms with E-state index in [1.165, 1.54) is 6.08 Å². The molecule has 0 heterocycles. The van der Waals surface area contributed by atoms with Crippen LogP contribution in [0.15, 0.2) is 12.7 Å². The highest BCUT2D eigenvalue weighted by atomic mass is 16.2. The van der Waals surface area contributed by atoms with E-state index >= 15 is 0 Å². The summed E-state index contributed by atoms with van der Waals surface area (Å²) in [6, 6.07) is 0. The minimum absolute atomic E-state index is 0.0370. The summed E-state index contributed by atoms with van der Waals surface area (Å²) in [5, 5.41) is 0. The predicted molar refractivity (Wildman–Crippen MR) is 29.0 cm³/mol. The van der Waals surface area contributed by atoms with Gasteiger partial charge in [-0.05, 0) is 0 Å². The van der Waals surface area contributed by atoms with Gasteiger partial charge in [0.1, 0.15) is 0 Å². The van der Waals surface area contributed by atoms with Crippen molar-refractivity contribution in [1.82, 2.24) is 0 Å². The van der Waals surface area contributed by atoms with Gasteiger partial charge in [0.2, 0.25) is 5.78 Å². The molecule has 0 aromatic rings. The molecule has 0 aromatic carbocycles. The third-order valence-corrected chi connectivity index (χ3v) is 0.605. The first kappa shape index (κ1) is 6.88. The Bertz CT molecular complexity index is 128. The lowest BCUT2D eigenvalue weighted by molar-refractivity contribution is -0.135. The molecule has 1 amide bonds. The highest BCUT2D eigenvalue weighted by Crippen LogP contribution is 1.79. The number of hydrogen-bond acceptors (Lipinski definition) is 2. The number of nitrogens with two attached hydrogens (primary N) is 1. The average molecular weight is 113 g/mol. The SMILES string of the molecule is C=CCC(=O)C(N)=O. The van der Waals surface area contributed by atoms with Crippen LogP contribution in [0.25, 0.3) is 0 Å². The van der Waals surface area contributed by atoms with Crippen molar-refractivity contribution in [2.45, 2.75) is 6.42 Å². The van der Waals surface area contributed by atoms with Gasteiger partial charge in [0, 0.05) is 6.42 Å². The zero-order chi connectivity index (χ0) is 6.57. The molecule has 0 fully saturated rings. The maximum Gasteiger partial charge on any atom is 0.285 e. The average Bonchev–Trinajstić information content (AvgIpc) is 1.67. The largest absolute Gasteiger partial charge is 0.363 e. The van der Waals surface area contributed by atoms with E-state index < -0.39 is 11.7 Å². The normalized spacial score (nSPS) is 8.00. The summed E-state index contributed by atoms with van der Waals surface area (Å²) in [7, 11) is 0. The van der Waals surface area contributed by atoms with Crippen molar-refractivity contribution in [3.8, 4) is 0 Å². The molecule has 0 saturated carbocycles. The molecule has 0 atom stereocenters.